The van der Waals surface area contributed by atoms with E-state index in [4.69, 9.17) is 16.9 Å². The fourth-order valence-electron chi connectivity index (χ4n) is 1.57. The highest BCUT2D eigenvalue weighted by atomic mass is 35.5. The van der Waals surface area contributed by atoms with Gasteiger partial charge in [-0.25, -0.2) is 9.37 Å². The van der Waals surface area contributed by atoms with E-state index >= 15 is 0 Å². The van der Waals surface area contributed by atoms with Crippen LogP contribution in [0.15, 0.2) is 30.7 Å². The van der Waals surface area contributed by atoms with Crippen LogP contribution < -0.4 is 5.32 Å². The predicted molar refractivity (Wildman–Crippen MR) is 66.6 cm³/mol. The number of halogens is 2. The Balaban J connectivity index is 2.24. The smallest absolute Gasteiger partial charge is 0.156 e. The second-order valence-corrected chi connectivity index (χ2v) is 4.17. The minimum atomic E-state index is -0.570. The third-order valence-electron chi connectivity index (χ3n) is 2.51. The van der Waals surface area contributed by atoms with E-state index in [0.717, 1.165) is 5.69 Å². The highest BCUT2D eigenvalue weighted by Crippen LogP contribution is 2.23. The van der Waals surface area contributed by atoms with Crippen LogP contribution in [-0.4, -0.2) is 9.55 Å². The molecular formula is C12H10ClFN4. The molecule has 0 saturated carbocycles. The molecule has 0 aliphatic heterocycles. The largest absolute Gasteiger partial charge is 0.365 e. The maximum Gasteiger partial charge on any atom is 0.156 e. The van der Waals surface area contributed by atoms with Crippen LogP contribution in [-0.2, 0) is 7.05 Å². The number of benzene rings is 1. The number of anilines is 1. The van der Waals surface area contributed by atoms with Gasteiger partial charge in [0, 0.05) is 12.7 Å². The third-order valence-corrected chi connectivity index (χ3v) is 2.80. The van der Waals surface area contributed by atoms with Crippen molar-refractivity contribution in [1.82, 2.24) is 9.55 Å². The van der Waals surface area contributed by atoms with Crippen LogP contribution in [0, 0.1) is 17.1 Å². The van der Waals surface area contributed by atoms with Crippen LogP contribution in [0.5, 0.6) is 0 Å². The van der Waals surface area contributed by atoms with Crippen LogP contribution in [0.25, 0.3) is 0 Å². The molecule has 2 rings (SSSR count). The lowest BCUT2D eigenvalue weighted by molar-refractivity contribution is 0.628. The van der Waals surface area contributed by atoms with Crippen molar-refractivity contribution < 1.29 is 4.39 Å². The van der Waals surface area contributed by atoms with E-state index in [1.54, 1.807) is 24.1 Å². The fraction of sp³-hybridized carbons (Fsp3) is 0.167. The van der Waals surface area contributed by atoms with Gasteiger partial charge in [0.1, 0.15) is 5.82 Å². The second kappa shape index (κ2) is 5.07. The third kappa shape index (κ3) is 2.44. The number of nitriles is 1. The van der Waals surface area contributed by atoms with Gasteiger partial charge in [-0.1, -0.05) is 11.6 Å². The van der Waals surface area contributed by atoms with Crippen molar-refractivity contribution in [2.45, 2.75) is 6.04 Å². The van der Waals surface area contributed by atoms with Crippen molar-refractivity contribution >= 4 is 17.3 Å². The van der Waals surface area contributed by atoms with Gasteiger partial charge in [0.25, 0.3) is 0 Å². The zero-order valence-electron chi connectivity index (χ0n) is 9.56. The van der Waals surface area contributed by atoms with Crippen LogP contribution >= 0.6 is 11.6 Å². The summed E-state index contributed by atoms with van der Waals surface area (Å²) < 4.78 is 14.8. The SMILES string of the molecule is Cn1cncc1C(C#N)Nc1ccc(F)c(Cl)c1. The van der Waals surface area contributed by atoms with E-state index < -0.39 is 11.9 Å². The highest BCUT2D eigenvalue weighted by Gasteiger charge is 2.14. The van der Waals surface area contributed by atoms with Crippen molar-refractivity contribution in [3.8, 4) is 6.07 Å². The molecule has 0 amide bonds. The topological polar surface area (TPSA) is 53.6 Å². The molecule has 0 aliphatic rings. The monoisotopic (exact) mass is 264 g/mol. The summed E-state index contributed by atoms with van der Waals surface area (Å²) in [4.78, 5) is 3.95. The molecule has 0 fully saturated rings. The first kappa shape index (κ1) is 12.4. The second-order valence-electron chi connectivity index (χ2n) is 3.76. The number of imidazole rings is 1. The molecule has 2 aromatic rings. The zero-order valence-corrected chi connectivity index (χ0v) is 10.3. The van der Waals surface area contributed by atoms with Crippen LogP contribution in [0.2, 0.25) is 5.02 Å². The lowest BCUT2D eigenvalue weighted by Crippen LogP contribution is -2.12. The summed E-state index contributed by atoms with van der Waals surface area (Å²) in [5, 5.41) is 12.1. The minimum absolute atomic E-state index is 0.0155. The van der Waals surface area contributed by atoms with Gasteiger partial charge in [0.05, 0.1) is 29.3 Å². The molecule has 0 saturated heterocycles. The Morgan fingerprint density at radius 2 is 2.33 bits per heavy atom. The van der Waals surface area contributed by atoms with Gasteiger partial charge in [-0.15, -0.1) is 0 Å². The van der Waals surface area contributed by atoms with Gasteiger partial charge in [0.2, 0.25) is 0 Å². The fourth-order valence-corrected chi connectivity index (χ4v) is 1.75. The Labute approximate surface area is 109 Å². The van der Waals surface area contributed by atoms with Gasteiger partial charge in [-0.05, 0) is 18.2 Å². The predicted octanol–water partition coefficient (Wildman–Crippen LogP) is 2.89. The summed E-state index contributed by atoms with van der Waals surface area (Å²) >= 11 is 5.68. The summed E-state index contributed by atoms with van der Waals surface area (Å²) in [6, 6.07) is 5.77. The van der Waals surface area contributed by atoms with E-state index in [2.05, 4.69) is 16.4 Å². The van der Waals surface area contributed by atoms with E-state index in [1.165, 1.54) is 18.2 Å². The molecule has 0 bridgehead atoms. The van der Waals surface area contributed by atoms with Crippen molar-refractivity contribution in [2.24, 2.45) is 7.05 Å². The number of aromatic nitrogens is 2. The molecule has 1 aromatic carbocycles. The van der Waals surface area contributed by atoms with E-state index in [0.29, 0.717) is 5.69 Å². The number of nitrogens with one attached hydrogen (secondary N) is 1. The lowest BCUT2D eigenvalue weighted by atomic mass is 10.2. The van der Waals surface area contributed by atoms with Gasteiger partial charge in [-0.3, -0.25) is 0 Å². The molecule has 18 heavy (non-hydrogen) atoms. The zero-order chi connectivity index (χ0) is 13.1. The first-order valence-electron chi connectivity index (χ1n) is 5.19. The van der Waals surface area contributed by atoms with Crippen LogP contribution in [0.1, 0.15) is 11.7 Å². The molecule has 4 nitrogen and oxygen atoms in total. The lowest BCUT2D eigenvalue weighted by Gasteiger charge is -2.13. The average Bonchev–Trinajstić information content (AvgIpc) is 2.77. The first-order valence-corrected chi connectivity index (χ1v) is 5.57. The summed E-state index contributed by atoms with van der Waals surface area (Å²) in [5.41, 5.74) is 1.30. The Kier molecular flexibility index (Phi) is 3.49. The van der Waals surface area contributed by atoms with Gasteiger partial charge < -0.3 is 9.88 Å². The van der Waals surface area contributed by atoms with Crippen molar-refractivity contribution in [1.29, 1.82) is 5.26 Å². The Hall–Kier alpha value is -2.06. The Bertz CT molecular complexity index is 602. The van der Waals surface area contributed by atoms with Gasteiger partial charge >= 0.3 is 0 Å². The maximum absolute atomic E-state index is 13.0. The molecule has 1 aromatic heterocycles. The van der Waals surface area contributed by atoms with Crippen LogP contribution in [0.3, 0.4) is 0 Å². The molecule has 6 heteroatoms. The van der Waals surface area contributed by atoms with Crippen molar-refractivity contribution in [3.63, 3.8) is 0 Å². The quantitative estimate of drug-likeness (QED) is 0.927. The van der Waals surface area contributed by atoms with Gasteiger partial charge in [-0.2, -0.15) is 5.26 Å². The summed E-state index contributed by atoms with van der Waals surface area (Å²) in [7, 11) is 1.80. The van der Waals surface area contributed by atoms with E-state index in [1.807, 2.05) is 0 Å². The molecule has 1 atom stereocenters. The highest BCUT2D eigenvalue weighted by molar-refractivity contribution is 6.31. The first-order chi connectivity index (χ1) is 8.61. The van der Waals surface area contributed by atoms with Gasteiger partial charge in [0.15, 0.2) is 6.04 Å². The van der Waals surface area contributed by atoms with E-state index in [9.17, 15) is 4.39 Å². The normalized spacial score (nSPS) is 11.9. The Morgan fingerprint density at radius 3 is 2.89 bits per heavy atom. The summed E-state index contributed by atoms with van der Waals surface area (Å²) in [6.07, 6.45) is 3.21. The maximum atomic E-state index is 13.0. The molecular weight excluding hydrogens is 255 g/mol. The minimum Gasteiger partial charge on any atom is -0.365 e. The number of nitrogens with zero attached hydrogens (tertiary/aromatic N) is 3. The van der Waals surface area contributed by atoms with Crippen molar-refractivity contribution in [3.05, 3.63) is 47.3 Å². The molecule has 0 radical (unpaired) electrons. The average molecular weight is 265 g/mol. The molecule has 1 heterocycles. The molecule has 0 aliphatic carbocycles. The molecule has 0 spiro atoms. The van der Waals surface area contributed by atoms with E-state index in [-0.39, 0.29) is 5.02 Å². The number of rotatable bonds is 3. The van der Waals surface area contributed by atoms with Crippen molar-refractivity contribution in [2.75, 3.05) is 5.32 Å². The number of hydrogen-bond acceptors (Lipinski definition) is 3. The molecule has 1 N–H and O–H groups in total. The Morgan fingerprint density at radius 1 is 1.56 bits per heavy atom. The molecule has 92 valence electrons. The standard InChI is InChI=1S/C12H10ClFN4/c1-18-7-16-6-12(18)11(5-15)17-8-2-3-10(14)9(13)4-8/h2-4,6-7,11,17H,1H3. The van der Waals surface area contributed by atoms with Crippen LogP contribution in [0.4, 0.5) is 10.1 Å². The molecule has 1 unspecified atom stereocenters. The number of hydrogen-bond donors (Lipinski definition) is 1. The number of aryl methyl sites for hydroxylation is 1. The summed E-state index contributed by atoms with van der Waals surface area (Å²) in [6.45, 7) is 0. The summed E-state index contributed by atoms with van der Waals surface area (Å²) in [5.74, 6) is -0.490.